The fourth-order valence-electron chi connectivity index (χ4n) is 2.30. The molecule has 0 unspecified atom stereocenters. The lowest BCUT2D eigenvalue weighted by atomic mass is 10.2. The number of pyridine rings is 2. The first-order valence-corrected chi connectivity index (χ1v) is 6.23. The summed E-state index contributed by atoms with van der Waals surface area (Å²) in [4.78, 5) is 27.1. The van der Waals surface area contributed by atoms with Gasteiger partial charge in [0.25, 0.3) is 0 Å². The average Bonchev–Trinajstić information content (AvgIpc) is 3.10. The van der Waals surface area contributed by atoms with Crippen molar-refractivity contribution in [3.05, 3.63) is 60.2 Å². The average molecular weight is 335 g/mol. The Labute approximate surface area is 138 Å². The van der Waals surface area contributed by atoms with Crippen molar-refractivity contribution in [2.45, 2.75) is 0 Å². The van der Waals surface area contributed by atoms with E-state index in [1.54, 1.807) is 24.5 Å². The van der Waals surface area contributed by atoms with Crippen LogP contribution in [-0.4, -0.2) is 25.7 Å². The topological polar surface area (TPSA) is 74.4 Å². The Bertz CT molecular complexity index is 803. The maximum atomic E-state index is 12.5. The summed E-state index contributed by atoms with van der Waals surface area (Å²) in [6.07, 6.45) is 3.41. The molecule has 0 aromatic carbocycles. The molecule has 22 heavy (non-hydrogen) atoms. The standard InChI is InChI=1S/C15H10N4O.2ClH/c20-15(13-7-11-9(18-13)3-1-5-16-11)14-8-12-10(19-14)4-2-6-17-12;;/h1-8,18-19H;2*1H. The van der Waals surface area contributed by atoms with Crippen LogP contribution in [-0.2, 0) is 0 Å². The summed E-state index contributed by atoms with van der Waals surface area (Å²) in [7, 11) is 0. The van der Waals surface area contributed by atoms with Crippen molar-refractivity contribution in [1.29, 1.82) is 0 Å². The van der Waals surface area contributed by atoms with Crippen molar-refractivity contribution in [2.75, 3.05) is 0 Å². The zero-order valence-corrected chi connectivity index (χ0v) is 12.9. The largest absolute Gasteiger partial charge is 0.350 e. The SMILES string of the molecule is Cl.Cl.O=C(c1cc2ncccc2[nH]1)c1cc2ncccc2[nH]1. The van der Waals surface area contributed by atoms with Crippen LogP contribution in [0.15, 0.2) is 48.8 Å². The van der Waals surface area contributed by atoms with E-state index in [0.717, 1.165) is 22.1 Å². The first-order valence-electron chi connectivity index (χ1n) is 6.23. The number of nitrogens with one attached hydrogen (secondary N) is 2. The van der Waals surface area contributed by atoms with Crippen molar-refractivity contribution in [2.24, 2.45) is 0 Å². The molecule has 0 aliphatic rings. The van der Waals surface area contributed by atoms with Crippen molar-refractivity contribution in [3.63, 3.8) is 0 Å². The molecule has 0 bridgehead atoms. The van der Waals surface area contributed by atoms with E-state index in [4.69, 9.17) is 0 Å². The third kappa shape index (κ3) is 2.56. The third-order valence-corrected chi connectivity index (χ3v) is 3.27. The Morgan fingerprint density at radius 3 is 1.68 bits per heavy atom. The molecule has 0 saturated heterocycles. The van der Waals surface area contributed by atoms with E-state index < -0.39 is 0 Å². The lowest BCUT2D eigenvalue weighted by Gasteiger charge is -1.92. The molecule has 0 radical (unpaired) electrons. The zero-order valence-electron chi connectivity index (χ0n) is 11.2. The van der Waals surface area contributed by atoms with Crippen LogP contribution in [0.4, 0.5) is 0 Å². The van der Waals surface area contributed by atoms with Crippen LogP contribution in [0, 0.1) is 0 Å². The van der Waals surface area contributed by atoms with Crippen LogP contribution >= 0.6 is 24.8 Å². The molecular weight excluding hydrogens is 323 g/mol. The minimum atomic E-state index is -0.0963. The Morgan fingerprint density at radius 1 is 0.818 bits per heavy atom. The molecule has 112 valence electrons. The van der Waals surface area contributed by atoms with Crippen molar-refractivity contribution in [1.82, 2.24) is 19.9 Å². The molecule has 0 saturated carbocycles. The monoisotopic (exact) mass is 334 g/mol. The van der Waals surface area contributed by atoms with Gasteiger partial charge in [0.2, 0.25) is 5.78 Å². The summed E-state index contributed by atoms with van der Waals surface area (Å²) in [5.74, 6) is -0.0963. The number of carbonyl (C=O) groups excluding carboxylic acids is 1. The molecule has 4 aromatic heterocycles. The van der Waals surface area contributed by atoms with Gasteiger partial charge >= 0.3 is 0 Å². The van der Waals surface area contributed by atoms with Crippen molar-refractivity contribution >= 4 is 52.7 Å². The van der Waals surface area contributed by atoms with Crippen LogP contribution in [0.2, 0.25) is 0 Å². The summed E-state index contributed by atoms with van der Waals surface area (Å²) in [5, 5.41) is 0. The molecule has 0 fully saturated rings. The fraction of sp³-hybridized carbons (Fsp3) is 0. The maximum Gasteiger partial charge on any atom is 0.225 e. The van der Waals surface area contributed by atoms with Crippen LogP contribution < -0.4 is 0 Å². The molecule has 7 heteroatoms. The molecule has 0 spiro atoms. The van der Waals surface area contributed by atoms with E-state index in [2.05, 4.69) is 19.9 Å². The molecule has 4 aromatic rings. The first kappa shape index (κ1) is 16.0. The summed E-state index contributed by atoms with van der Waals surface area (Å²) >= 11 is 0. The summed E-state index contributed by atoms with van der Waals surface area (Å²) < 4.78 is 0. The number of carbonyl (C=O) groups is 1. The first-order chi connectivity index (χ1) is 9.81. The normalized spacial score (nSPS) is 10.2. The van der Waals surface area contributed by atoms with E-state index in [-0.39, 0.29) is 30.6 Å². The van der Waals surface area contributed by atoms with Crippen LogP contribution in [0.5, 0.6) is 0 Å². The number of rotatable bonds is 2. The molecular formula is C15H12Cl2N4O. The number of hydrogen-bond donors (Lipinski definition) is 2. The molecule has 0 aliphatic heterocycles. The van der Waals surface area contributed by atoms with Gasteiger partial charge < -0.3 is 9.97 Å². The lowest BCUT2D eigenvalue weighted by molar-refractivity contribution is 0.103. The Kier molecular flexibility index (Phi) is 4.49. The van der Waals surface area contributed by atoms with E-state index in [1.807, 2.05) is 24.3 Å². The van der Waals surface area contributed by atoms with Gasteiger partial charge in [0.15, 0.2) is 0 Å². The smallest absolute Gasteiger partial charge is 0.225 e. The number of halogens is 2. The predicted molar refractivity (Wildman–Crippen MR) is 90.1 cm³/mol. The predicted octanol–water partition coefficient (Wildman–Crippen LogP) is 3.51. The van der Waals surface area contributed by atoms with Gasteiger partial charge in [-0.15, -0.1) is 24.8 Å². The molecule has 2 N–H and O–H groups in total. The number of aromatic nitrogens is 4. The minimum absolute atomic E-state index is 0. The summed E-state index contributed by atoms with van der Waals surface area (Å²) in [5.41, 5.74) is 4.31. The fourth-order valence-corrected chi connectivity index (χ4v) is 2.30. The minimum Gasteiger partial charge on any atom is -0.350 e. The van der Waals surface area contributed by atoms with E-state index >= 15 is 0 Å². The lowest BCUT2D eigenvalue weighted by Crippen LogP contribution is -2.01. The highest BCUT2D eigenvalue weighted by Gasteiger charge is 2.15. The van der Waals surface area contributed by atoms with Crippen LogP contribution in [0.1, 0.15) is 16.2 Å². The summed E-state index contributed by atoms with van der Waals surface area (Å²) in [6, 6.07) is 11.0. The number of H-pyrrole nitrogens is 2. The highest BCUT2D eigenvalue weighted by Crippen LogP contribution is 2.18. The zero-order chi connectivity index (χ0) is 13.5. The second-order valence-electron chi connectivity index (χ2n) is 4.57. The van der Waals surface area contributed by atoms with E-state index in [1.165, 1.54) is 0 Å². The number of hydrogen-bond acceptors (Lipinski definition) is 3. The second kappa shape index (κ2) is 6.17. The Hall–Kier alpha value is -2.37. The van der Waals surface area contributed by atoms with Crippen molar-refractivity contribution < 1.29 is 4.79 Å². The van der Waals surface area contributed by atoms with Gasteiger partial charge in [-0.2, -0.15) is 0 Å². The molecule has 0 atom stereocenters. The molecule has 0 aliphatic carbocycles. The quantitative estimate of drug-likeness (QED) is 0.551. The maximum absolute atomic E-state index is 12.5. The van der Waals surface area contributed by atoms with Gasteiger partial charge in [-0.1, -0.05) is 0 Å². The van der Waals surface area contributed by atoms with Crippen LogP contribution in [0.25, 0.3) is 22.1 Å². The second-order valence-corrected chi connectivity index (χ2v) is 4.57. The molecule has 4 heterocycles. The van der Waals surface area contributed by atoms with Crippen molar-refractivity contribution in [3.8, 4) is 0 Å². The molecule has 5 nitrogen and oxygen atoms in total. The van der Waals surface area contributed by atoms with Gasteiger partial charge in [-0.05, 0) is 36.4 Å². The van der Waals surface area contributed by atoms with E-state index in [9.17, 15) is 4.79 Å². The van der Waals surface area contributed by atoms with E-state index in [0.29, 0.717) is 11.4 Å². The van der Waals surface area contributed by atoms with Gasteiger partial charge in [-0.3, -0.25) is 14.8 Å². The van der Waals surface area contributed by atoms with Gasteiger partial charge in [-0.25, -0.2) is 0 Å². The van der Waals surface area contributed by atoms with Gasteiger partial charge in [0, 0.05) is 12.4 Å². The molecule has 0 amide bonds. The summed E-state index contributed by atoms with van der Waals surface area (Å²) in [6.45, 7) is 0. The third-order valence-electron chi connectivity index (χ3n) is 3.27. The number of fused-ring (bicyclic) bond motifs is 2. The number of aromatic amines is 2. The van der Waals surface area contributed by atoms with Gasteiger partial charge in [0.1, 0.15) is 0 Å². The molecule has 4 rings (SSSR count). The van der Waals surface area contributed by atoms with Gasteiger partial charge in [0.05, 0.1) is 33.5 Å². The Morgan fingerprint density at radius 2 is 1.27 bits per heavy atom. The highest BCUT2D eigenvalue weighted by molar-refractivity contribution is 6.10. The number of ketones is 1. The van der Waals surface area contributed by atoms with Crippen LogP contribution in [0.3, 0.4) is 0 Å². The number of nitrogens with zero attached hydrogens (tertiary/aromatic N) is 2. The Balaban J connectivity index is 0.000000882. The highest BCUT2D eigenvalue weighted by atomic mass is 35.5.